The van der Waals surface area contributed by atoms with E-state index in [9.17, 15) is 17.6 Å². The first-order chi connectivity index (χ1) is 12.3. The van der Waals surface area contributed by atoms with Crippen LogP contribution in [0, 0.1) is 11.7 Å². The van der Waals surface area contributed by atoms with Crippen molar-refractivity contribution >= 4 is 15.9 Å². The number of aromatic nitrogens is 2. The van der Waals surface area contributed by atoms with Gasteiger partial charge in [0.15, 0.2) is 0 Å². The van der Waals surface area contributed by atoms with Crippen LogP contribution in [0.5, 0.6) is 0 Å². The maximum atomic E-state index is 14.0. The summed E-state index contributed by atoms with van der Waals surface area (Å²) in [5, 5.41) is 9.34. The van der Waals surface area contributed by atoms with Crippen molar-refractivity contribution in [2.24, 2.45) is 5.92 Å². The lowest BCUT2D eigenvalue weighted by atomic mass is 10.0. The third-order valence-corrected chi connectivity index (χ3v) is 5.31. The lowest BCUT2D eigenvalue weighted by Crippen LogP contribution is -2.41. The van der Waals surface area contributed by atoms with Crippen LogP contribution in [0.15, 0.2) is 30.5 Å². The summed E-state index contributed by atoms with van der Waals surface area (Å²) in [5.41, 5.74) is 0.839. The second-order valence-corrected chi connectivity index (χ2v) is 8.32. The summed E-state index contributed by atoms with van der Waals surface area (Å²) >= 11 is 0. The van der Waals surface area contributed by atoms with Gasteiger partial charge in [0.2, 0.25) is 10.0 Å². The Morgan fingerprint density at radius 2 is 2.12 bits per heavy atom. The van der Waals surface area contributed by atoms with E-state index in [2.05, 4.69) is 20.2 Å². The molecule has 1 saturated carbocycles. The smallest absolute Gasteiger partial charge is 0.255 e. The quantitative estimate of drug-likeness (QED) is 0.709. The van der Waals surface area contributed by atoms with E-state index in [-0.39, 0.29) is 29.0 Å². The fourth-order valence-electron chi connectivity index (χ4n) is 3.36. The number of aromatic amines is 1. The average Bonchev–Trinajstić information content (AvgIpc) is 3.21. The van der Waals surface area contributed by atoms with Crippen LogP contribution in [0.3, 0.4) is 0 Å². The SMILES string of the molecule is CS(=O)(=O)NC1CCCC1CNC(=O)c1cn[nH]c1-c1ccccc1F. The van der Waals surface area contributed by atoms with E-state index in [0.29, 0.717) is 12.2 Å². The van der Waals surface area contributed by atoms with Crippen LogP contribution in [-0.4, -0.2) is 43.4 Å². The molecule has 9 heteroatoms. The van der Waals surface area contributed by atoms with Gasteiger partial charge in [-0.2, -0.15) is 5.10 Å². The highest BCUT2D eigenvalue weighted by Crippen LogP contribution is 2.26. The fraction of sp³-hybridized carbons (Fsp3) is 0.412. The van der Waals surface area contributed by atoms with Gasteiger partial charge in [0.05, 0.1) is 23.7 Å². The summed E-state index contributed by atoms with van der Waals surface area (Å²) in [6.07, 6.45) is 4.98. The number of carbonyl (C=O) groups is 1. The molecule has 7 nitrogen and oxygen atoms in total. The molecule has 1 aromatic heterocycles. The Hall–Kier alpha value is -2.26. The first kappa shape index (κ1) is 18.5. The van der Waals surface area contributed by atoms with Gasteiger partial charge in [-0.3, -0.25) is 9.89 Å². The molecule has 1 aliphatic carbocycles. The van der Waals surface area contributed by atoms with Gasteiger partial charge >= 0.3 is 0 Å². The van der Waals surface area contributed by atoms with Crippen LogP contribution < -0.4 is 10.0 Å². The second-order valence-electron chi connectivity index (χ2n) is 6.54. The molecule has 2 aromatic rings. The minimum atomic E-state index is -3.29. The molecule has 0 bridgehead atoms. The number of nitrogens with zero attached hydrogens (tertiary/aromatic N) is 1. The lowest BCUT2D eigenvalue weighted by molar-refractivity contribution is 0.0947. The molecule has 3 rings (SSSR count). The van der Waals surface area contributed by atoms with Crippen LogP contribution in [0.2, 0.25) is 0 Å². The molecule has 0 saturated heterocycles. The van der Waals surface area contributed by atoms with Crippen LogP contribution in [0.25, 0.3) is 11.3 Å². The molecule has 3 N–H and O–H groups in total. The van der Waals surface area contributed by atoms with Crippen molar-refractivity contribution in [3.8, 4) is 11.3 Å². The summed E-state index contributed by atoms with van der Waals surface area (Å²) in [4.78, 5) is 12.5. The average molecular weight is 380 g/mol. The van der Waals surface area contributed by atoms with Crippen LogP contribution in [0.1, 0.15) is 29.6 Å². The number of carbonyl (C=O) groups excluding carboxylic acids is 1. The maximum absolute atomic E-state index is 14.0. The first-order valence-electron chi connectivity index (χ1n) is 8.39. The molecular formula is C17H21FN4O3S. The second kappa shape index (κ2) is 7.55. The van der Waals surface area contributed by atoms with E-state index in [1.54, 1.807) is 18.2 Å². The van der Waals surface area contributed by atoms with E-state index < -0.39 is 15.8 Å². The number of benzene rings is 1. The number of sulfonamides is 1. The van der Waals surface area contributed by atoms with Gasteiger partial charge in [-0.1, -0.05) is 18.6 Å². The Kier molecular flexibility index (Phi) is 5.38. The van der Waals surface area contributed by atoms with Crippen LogP contribution in [-0.2, 0) is 10.0 Å². The number of rotatable bonds is 6. The molecule has 1 fully saturated rings. The van der Waals surface area contributed by atoms with E-state index >= 15 is 0 Å². The molecule has 26 heavy (non-hydrogen) atoms. The third kappa shape index (κ3) is 4.28. The summed E-state index contributed by atoms with van der Waals surface area (Å²) in [5.74, 6) is -0.793. The summed E-state index contributed by atoms with van der Waals surface area (Å²) in [7, 11) is -3.29. The first-order valence-corrected chi connectivity index (χ1v) is 10.3. The monoisotopic (exact) mass is 380 g/mol. The topological polar surface area (TPSA) is 104 Å². The van der Waals surface area contributed by atoms with E-state index in [0.717, 1.165) is 25.5 Å². The molecule has 0 radical (unpaired) electrons. The van der Waals surface area contributed by atoms with E-state index in [1.165, 1.54) is 12.3 Å². The van der Waals surface area contributed by atoms with E-state index in [4.69, 9.17) is 0 Å². The molecule has 140 valence electrons. The zero-order valence-corrected chi connectivity index (χ0v) is 15.1. The molecule has 1 heterocycles. The number of halogens is 1. The highest BCUT2D eigenvalue weighted by Gasteiger charge is 2.30. The van der Waals surface area contributed by atoms with Crippen molar-refractivity contribution in [1.29, 1.82) is 0 Å². The van der Waals surface area contributed by atoms with Gasteiger partial charge < -0.3 is 5.32 Å². The molecule has 1 amide bonds. The van der Waals surface area contributed by atoms with Gasteiger partial charge in [-0.05, 0) is 30.9 Å². The third-order valence-electron chi connectivity index (χ3n) is 4.58. The fourth-order valence-corrected chi connectivity index (χ4v) is 4.22. The molecule has 0 aliphatic heterocycles. The van der Waals surface area contributed by atoms with Gasteiger partial charge in [0.1, 0.15) is 5.82 Å². The Balaban J connectivity index is 1.68. The summed E-state index contributed by atoms with van der Waals surface area (Å²) in [6, 6.07) is 5.96. The Labute approximate surface area is 151 Å². The molecule has 2 unspecified atom stereocenters. The minimum absolute atomic E-state index is 0.0255. The minimum Gasteiger partial charge on any atom is -0.352 e. The Bertz CT molecular complexity index is 897. The highest BCUT2D eigenvalue weighted by molar-refractivity contribution is 7.88. The van der Waals surface area contributed by atoms with Gasteiger partial charge in [-0.15, -0.1) is 0 Å². The van der Waals surface area contributed by atoms with Crippen molar-refractivity contribution in [3.05, 3.63) is 41.8 Å². The number of hydrogen-bond acceptors (Lipinski definition) is 4. The maximum Gasteiger partial charge on any atom is 0.255 e. The normalized spacial score (nSPS) is 20.2. The van der Waals surface area contributed by atoms with E-state index in [1.807, 2.05) is 0 Å². The lowest BCUT2D eigenvalue weighted by Gasteiger charge is -2.20. The van der Waals surface area contributed by atoms with Crippen LogP contribution in [0.4, 0.5) is 4.39 Å². The van der Waals surface area contributed by atoms with Crippen molar-refractivity contribution in [2.45, 2.75) is 25.3 Å². The standard InChI is InChI=1S/C17H21FN4O3S/c1-26(24,25)22-15-8-4-5-11(15)9-19-17(23)13-10-20-21-16(13)12-6-2-3-7-14(12)18/h2-3,6-7,10-11,15,22H,4-5,8-9H2,1H3,(H,19,23)(H,20,21). The largest absolute Gasteiger partial charge is 0.352 e. The molecule has 0 spiro atoms. The molecule has 1 aromatic carbocycles. The van der Waals surface area contributed by atoms with Gasteiger partial charge in [0, 0.05) is 18.2 Å². The number of amides is 1. The zero-order chi connectivity index (χ0) is 18.7. The predicted molar refractivity (Wildman–Crippen MR) is 95.4 cm³/mol. The predicted octanol–water partition coefficient (Wildman–Crippen LogP) is 1.66. The van der Waals surface area contributed by atoms with Crippen molar-refractivity contribution < 1.29 is 17.6 Å². The van der Waals surface area contributed by atoms with Crippen molar-refractivity contribution in [2.75, 3.05) is 12.8 Å². The van der Waals surface area contributed by atoms with Crippen LogP contribution >= 0.6 is 0 Å². The molecule has 2 atom stereocenters. The number of hydrogen-bond donors (Lipinski definition) is 3. The number of nitrogens with one attached hydrogen (secondary N) is 3. The molecular weight excluding hydrogens is 359 g/mol. The molecule has 1 aliphatic rings. The van der Waals surface area contributed by atoms with Gasteiger partial charge in [-0.25, -0.2) is 17.5 Å². The highest BCUT2D eigenvalue weighted by atomic mass is 32.2. The van der Waals surface area contributed by atoms with Crippen molar-refractivity contribution in [1.82, 2.24) is 20.2 Å². The Morgan fingerprint density at radius 3 is 2.85 bits per heavy atom. The Morgan fingerprint density at radius 1 is 1.35 bits per heavy atom. The summed E-state index contributed by atoms with van der Waals surface area (Å²) in [6.45, 7) is 0.341. The van der Waals surface area contributed by atoms with Crippen molar-refractivity contribution in [3.63, 3.8) is 0 Å². The summed E-state index contributed by atoms with van der Waals surface area (Å²) < 4.78 is 39.5. The number of H-pyrrole nitrogens is 1. The van der Waals surface area contributed by atoms with Gasteiger partial charge in [0.25, 0.3) is 5.91 Å². The zero-order valence-electron chi connectivity index (χ0n) is 14.3.